The Labute approximate surface area is 137 Å². The van der Waals surface area contributed by atoms with Gasteiger partial charge in [-0.2, -0.15) is 0 Å². The standard InChI is InChI=1S/C19H23NO3/c1-13-6-5-7-18(14(13)2)23-15(3)19(21)20-12-16-8-10-17(22-4)11-9-16/h5-11,15H,12H2,1-4H3,(H,20,21). The molecule has 0 saturated heterocycles. The van der Waals surface area contributed by atoms with Crippen LogP contribution in [0.4, 0.5) is 0 Å². The lowest BCUT2D eigenvalue weighted by molar-refractivity contribution is -0.127. The van der Waals surface area contributed by atoms with Crippen LogP contribution in [0.3, 0.4) is 0 Å². The molecule has 122 valence electrons. The Kier molecular flexibility index (Phi) is 5.63. The Morgan fingerprint density at radius 2 is 1.83 bits per heavy atom. The second kappa shape index (κ2) is 7.68. The van der Waals surface area contributed by atoms with Crippen LogP contribution >= 0.6 is 0 Å². The minimum Gasteiger partial charge on any atom is -0.497 e. The van der Waals surface area contributed by atoms with Crippen molar-refractivity contribution < 1.29 is 14.3 Å². The van der Waals surface area contributed by atoms with Crippen LogP contribution in [0.25, 0.3) is 0 Å². The fraction of sp³-hybridized carbons (Fsp3) is 0.316. The van der Waals surface area contributed by atoms with Crippen LogP contribution in [0.2, 0.25) is 0 Å². The molecule has 1 unspecified atom stereocenters. The minimum absolute atomic E-state index is 0.137. The summed E-state index contributed by atoms with van der Waals surface area (Å²) < 4.78 is 10.9. The van der Waals surface area contributed by atoms with E-state index in [1.165, 1.54) is 0 Å². The number of benzene rings is 2. The summed E-state index contributed by atoms with van der Waals surface area (Å²) in [6.45, 7) is 6.23. The van der Waals surface area contributed by atoms with Gasteiger partial charge in [0.05, 0.1) is 7.11 Å². The van der Waals surface area contributed by atoms with Crippen molar-refractivity contribution >= 4 is 5.91 Å². The van der Waals surface area contributed by atoms with Gasteiger partial charge in [-0.25, -0.2) is 0 Å². The van der Waals surface area contributed by atoms with E-state index in [0.29, 0.717) is 6.54 Å². The maximum absolute atomic E-state index is 12.2. The Balaban J connectivity index is 1.90. The molecule has 2 aromatic rings. The van der Waals surface area contributed by atoms with Crippen LogP contribution in [0.5, 0.6) is 11.5 Å². The maximum Gasteiger partial charge on any atom is 0.261 e. The molecule has 0 aliphatic heterocycles. The van der Waals surface area contributed by atoms with E-state index in [-0.39, 0.29) is 5.91 Å². The van der Waals surface area contributed by atoms with Gasteiger partial charge < -0.3 is 14.8 Å². The number of hydrogen-bond acceptors (Lipinski definition) is 3. The van der Waals surface area contributed by atoms with Gasteiger partial charge in [-0.3, -0.25) is 4.79 Å². The van der Waals surface area contributed by atoms with E-state index in [4.69, 9.17) is 9.47 Å². The van der Waals surface area contributed by atoms with Gasteiger partial charge in [0.15, 0.2) is 6.10 Å². The molecule has 0 aliphatic carbocycles. The highest BCUT2D eigenvalue weighted by Gasteiger charge is 2.15. The van der Waals surface area contributed by atoms with Crippen LogP contribution in [0, 0.1) is 13.8 Å². The maximum atomic E-state index is 12.2. The fourth-order valence-electron chi connectivity index (χ4n) is 2.17. The Morgan fingerprint density at radius 1 is 1.13 bits per heavy atom. The summed E-state index contributed by atoms with van der Waals surface area (Å²) in [6, 6.07) is 13.4. The number of ether oxygens (including phenoxy) is 2. The van der Waals surface area contributed by atoms with E-state index in [1.807, 2.05) is 56.3 Å². The normalized spacial score (nSPS) is 11.7. The monoisotopic (exact) mass is 313 g/mol. The summed E-state index contributed by atoms with van der Waals surface area (Å²) in [5.41, 5.74) is 3.22. The lowest BCUT2D eigenvalue weighted by atomic mass is 10.1. The summed E-state index contributed by atoms with van der Waals surface area (Å²) in [6.07, 6.45) is -0.547. The highest BCUT2D eigenvalue weighted by molar-refractivity contribution is 5.80. The fourth-order valence-corrected chi connectivity index (χ4v) is 2.17. The highest BCUT2D eigenvalue weighted by atomic mass is 16.5. The third kappa shape index (κ3) is 4.49. The van der Waals surface area contributed by atoms with Crippen molar-refractivity contribution in [3.05, 3.63) is 59.2 Å². The molecule has 23 heavy (non-hydrogen) atoms. The first-order valence-corrected chi connectivity index (χ1v) is 7.64. The average Bonchev–Trinajstić information content (AvgIpc) is 2.57. The molecule has 2 rings (SSSR count). The summed E-state index contributed by atoms with van der Waals surface area (Å²) in [4.78, 5) is 12.2. The zero-order valence-electron chi connectivity index (χ0n) is 14.1. The quantitative estimate of drug-likeness (QED) is 0.889. The number of nitrogens with one attached hydrogen (secondary N) is 1. The van der Waals surface area contributed by atoms with Gasteiger partial charge in [0.25, 0.3) is 5.91 Å². The van der Waals surface area contributed by atoms with Gasteiger partial charge in [-0.05, 0) is 55.7 Å². The summed E-state index contributed by atoms with van der Waals surface area (Å²) in [5, 5.41) is 2.89. The van der Waals surface area contributed by atoms with Gasteiger partial charge in [0, 0.05) is 6.54 Å². The van der Waals surface area contributed by atoms with E-state index >= 15 is 0 Å². The lowest BCUT2D eigenvalue weighted by Gasteiger charge is -2.17. The van der Waals surface area contributed by atoms with Crippen LogP contribution in [-0.4, -0.2) is 19.1 Å². The van der Waals surface area contributed by atoms with Crippen molar-refractivity contribution in [2.45, 2.75) is 33.4 Å². The molecular formula is C19H23NO3. The Hall–Kier alpha value is -2.49. The number of carbonyl (C=O) groups is 1. The molecule has 0 aliphatic rings. The molecule has 0 fully saturated rings. The predicted octanol–water partition coefficient (Wildman–Crippen LogP) is 3.40. The van der Waals surface area contributed by atoms with E-state index in [0.717, 1.165) is 28.2 Å². The van der Waals surface area contributed by atoms with Crippen molar-refractivity contribution in [1.82, 2.24) is 5.32 Å². The summed E-state index contributed by atoms with van der Waals surface area (Å²) in [7, 11) is 1.63. The van der Waals surface area contributed by atoms with Crippen molar-refractivity contribution in [3.8, 4) is 11.5 Å². The van der Waals surface area contributed by atoms with Crippen LogP contribution in [0.15, 0.2) is 42.5 Å². The second-order valence-electron chi connectivity index (χ2n) is 5.52. The van der Waals surface area contributed by atoms with E-state index in [9.17, 15) is 4.79 Å². The van der Waals surface area contributed by atoms with Crippen molar-refractivity contribution in [3.63, 3.8) is 0 Å². The Bertz CT molecular complexity index is 665. The number of aryl methyl sites for hydroxylation is 1. The largest absolute Gasteiger partial charge is 0.497 e. The predicted molar refractivity (Wildman–Crippen MR) is 90.8 cm³/mol. The zero-order chi connectivity index (χ0) is 16.8. The Morgan fingerprint density at radius 3 is 2.48 bits per heavy atom. The average molecular weight is 313 g/mol. The van der Waals surface area contributed by atoms with Crippen LogP contribution < -0.4 is 14.8 Å². The molecule has 0 aromatic heterocycles. The summed E-state index contributed by atoms with van der Waals surface area (Å²) >= 11 is 0. The molecule has 4 heteroatoms. The smallest absolute Gasteiger partial charge is 0.261 e. The molecule has 0 heterocycles. The SMILES string of the molecule is COc1ccc(CNC(=O)C(C)Oc2cccc(C)c2C)cc1. The second-order valence-corrected chi connectivity index (χ2v) is 5.52. The first kappa shape index (κ1) is 16.9. The molecule has 1 N–H and O–H groups in total. The molecule has 0 saturated carbocycles. The molecular weight excluding hydrogens is 290 g/mol. The number of rotatable bonds is 6. The highest BCUT2D eigenvalue weighted by Crippen LogP contribution is 2.21. The first-order valence-electron chi connectivity index (χ1n) is 7.64. The first-order chi connectivity index (χ1) is 11.0. The van der Waals surface area contributed by atoms with E-state index in [1.54, 1.807) is 14.0 Å². The van der Waals surface area contributed by atoms with Gasteiger partial charge in [-0.15, -0.1) is 0 Å². The molecule has 4 nitrogen and oxygen atoms in total. The number of carbonyl (C=O) groups excluding carboxylic acids is 1. The molecule has 0 bridgehead atoms. The van der Waals surface area contributed by atoms with Crippen molar-refractivity contribution in [2.24, 2.45) is 0 Å². The topological polar surface area (TPSA) is 47.6 Å². The molecule has 1 amide bonds. The third-order valence-corrected chi connectivity index (χ3v) is 3.85. The zero-order valence-corrected chi connectivity index (χ0v) is 14.1. The summed E-state index contributed by atoms with van der Waals surface area (Å²) in [5.74, 6) is 1.41. The van der Waals surface area contributed by atoms with Gasteiger partial charge in [0.2, 0.25) is 0 Å². The number of hydrogen-bond donors (Lipinski definition) is 1. The van der Waals surface area contributed by atoms with Crippen molar-refractivity contribution in [2.75, 3.05) is 7.11 Å². The molecule has 0 radical (unpaired) electrons. The van der Waals surface area contributed by atoms with E-state index in [2.05, 4.69) is 5.32 Å². The molecule has 2 aromatic carbocycles. The van der Waals surface area contributed by atoms with Gasteiger partial charge in [-0.1, -0.05) is 24.3 Å². The third-order valence-electron chi connectivity index (χ3n) is 3.85. The van der Waals surface area contributed by atoms with Crippen LogP contribution in [0.1, 0.15) is 23.6 Å². The minimum atomic E-state index is -0.547. The molecule has 1 atom stereocenters. The van der Waals surface area contributed by atoms with Gasteiger partial charge >= 0.3 is 0 Å². The molecule has 0 spiro atoms. The van der Waals surface area contributed by atoms with E-state index < -0.39 is 6.10 Å². The van der Waals surface area contributed by atoms with Crippen molar-refractivity contribution in [1.29, 1.82) is 0 Å². The lowest BCUT2D eigenvalue weighted by Crippen LogP contribution is -2.36. The van der Waals surface area contributed by atoms with Crippen LogP contribution in [-0.2, 0) is 11.3 Å². The number of methoxy groups -OCH3 is 1. The number of amides is 1. The van der Waals surface area contributed by atoms with Gasteiger partial charge in [0.1, 0.15) is 11.5 Å².